The van der Waals surface area contributed by atoms with E-state index in [1.54, 1.807) is 0 Å². The predicted molar refractivity (Wildman–Crippen MR) is 287 cm³/mol. The highest BCUT2D eigenvalue weighted by Crippen LogP contribution is 2.46. The van der Waals surface area contributed by atoms with E-state index in [9.17, 15) is 67.1 Å². The van der Waals surface area contributed by atoms with Crippen LogP contribution in [0.3, 0.4) is 0 Å². The van der Waals surface area contributed by atoms with E-state index in [2.05, 4.69) is 0 Å². The lowest BCUT2D eigenvalue weighted by molar-refractivity contribution is -0.292. The second kappa shape index (κ2) is 33.7. The average molecular weight is 1300 g/mol. The molecule has 0 unspecified atom stereocenters. The minimum absolute atomic E-state index is 0.464. The number of thioether (sulfide) groups is 3. The second-order valence-electron chi connectivity index (χ2n) is 19.5. The summed E-state index contributed by atoms with van der Waals surface area (Å²) >= 11 is 2.11. The Morgan fingerprint density at radius 2 is 0.529 bits per heavy atom. The predicted octanol–water partition coefficient (Wildman–Crippen LogP) is 0.392. The lowest BCUT2D eigenvalue weighted by Gasteiger charge is -2.49. The topological polar surface area (TPSA) is 405 Å². The average Bonchev–Trinajstić information content (AvgIpc) is 0.900. The first-order valence-corrected chi connectivity index (χ1v) is 29.5. The molecule has 4 saturated heterocycles. The maximum absolute atomic E-state index is 13.5. The molecular weight excluding hydrogens is 1230 g/mol. The van der Waals surface area contributed by atoms with Crippen LogP contribution in [0.2, 0.25) is 0 Å². The van der Waals surface area contributed by atoms with Crippen LogP contribution >= 0.6 is 35.3 Å². The van der Waals surface area contributed by atoms with Gasteiger partial charge in [-0.05, 0) is 0 Å². The third-order valence-electron chi connectivity index (χ3n) is 12.0. The molecule has 0 N–H and O–H groups in total. The smallest absolute Gasteiger partial charge is 0.305 e. The SMILES string of the molecule is CC(=O)OC[C@H]1O[C@@H](SC[C@H]2O[C@@H](SC[C@H]3O[C@@H](OC(C)=O)[C@H](OC(C)=O)[C@@H](OC(C)=O)[C@@H]3OC(C)=O)[C@H](OC(C)=O)[C@@H](S[C@@H]3O[C@H](COC(C)=O)[C@@H](OC(C)=O)[C@H](OC(C)=O)[C@H]3OC(C)=O)[C@@H]2OC(C)=O)[C@H](OC(C)=O)[C@@H](OC(C)=O)[C@@H]1OC(C)=O. The van der Waals surface area contributed by atoms with E-state index < -0.39 is 228 Å². The molecule has 4 rings (SSSR count). The highest BCUT2D eigenvalue weighted by Gasteiger charge is 2.60. The molecule has 0 radical (unpaired) electrons. The number of hydrogen-bond acceptors (Lipinski definition) is 35. The van der Waals surface area contributed by atoms with Gasteiger partial charge in [0.25, 0.3) is 0 Å². The minimum atomic E-state index is -1.85. The number of hydrogen-bond donors (Lipinski definition) is 0. The maximum Gasteiger partial charge on any atom is 0.305 e. The summed E-state index contributed by atoms with van der Waals surface area (Å²) in [5, 5.41) is -1.56. The first kappa shape index (κ1) is 72.9. The van der Waals surface area contributed by atoms with E-state index >= 15 is 0 Å². The van der Waals surface area contributed by atoms with Gasteiger partial charge in [-0.25, -0.2) is 0 Å². The fourth-order valence-corrected chi connectivity index (χ4v) is 13.6. The van der Waals surface area contributed by atoms with Crippen molar-refractivity contribution in [1.82, 2.24) is 0 Å². The molecule has 0 saturated carbocycles. The Hall–Kier alpha value is -6.53. The van der Waals surface area contributed by atoms with Gasteiger partial charge in [0.15, 0.2) is 54.9 Å². The molecule has 32 nitrogen and oxygen atoms in total. The van der Waals surface area contributed by atoms with Gasteiger partial charge in [-0.1, -0.05) is 0 Å². The Bertz CT molecular complexity index is 2540. The Balaban J connectivity index is 2.03. The summed E-state index contributed by atoms with van der Waals surface area (Å²) in [6, 6.07) is 0. The summed E-state index contributed by atoms with van der Waals surface area (Å²) in [4.78, 5) is 179. The van der Waals surface area contributed by atoms with Gasteiger partial charge in [0.05, 0.1) is 5.25 Å². The van der Waals surface area contributed by atoms with Gasteiger partial charge < -0.3 is 85.3 Å². The van der Waals surface area contributed by atoms with Crippen molar-refractivity contribution >= 4 is 119 Å². The lowest BCUT2D eigenvalue weighted by Crippen LogP contribution is -2.64. The van der Waals surface area contributed by atoms with Crippen molar-refractivity contribution in [2.45, 2.75) is 216 Å². The Labute approximate surface area is 510 Å². The minimum Gasteiger partial charge on any atom is -0.463 e. The van der Waals surface area contributed by atoms with Crippen LogP contribution in [0.1, 0.15) is 96.9 Å². The molecule has 0 aromatic rings. The normalized spacial score (nSPS) is 31.9. The quantitative estimate of drug-likeness (QED) is 0.0932. The first-order valence-electron chi connectivity index (χ1n) is 26.5. The largest absolute Gasteiger partial charge is 0.463 e. The van der Waals surface area contributed by atoms with Crippen LogP contribution < -0.4 is 0 Å². The molecule has 35 heteroatoms. The van der Waals surface area contributed by atoms with Gasteiger partial charge in [-0.15, -0.1) is 35.3 Å². The van der Waals surface area contributed by atoms with Gasteiger partial charge >= 0.3 is 83.6 Å². The molecule has 4 heterocycles. The van der Waals surface area contributed by atoms with Crippen LogP contribution in [0.15, 0.2) is 0 Å². The van der Waals surface area contributed by atoms with E-state index in [1.807, 2.05) is 0 Å². The van der Waals surface area contributed by atoms with Gasteiger partial charge in [-0.2, -0.15) is 0 Å². The van der Waals surface area contributed by atoms with Gasteiger partial charge in [0.1, 0.15) is 60.0 Å². The van der Waals surface area contributed by atoms with Crippen LogP contribution in [-0.4, -0.2) is 228 Å². The third-order valence-corrected chi connectivity index (χ3v) is 16.0. The summed E-state index contributed by atoms with van der Waals surface area (Å²) in [7, 11) is 0. The van der Waals surface area contributed by atoms with E-state index in [1.165, 1.54) is 0 Å². The van der Waals surface area contributed by atoms with Gasteiger partial charge in [0.2, 0.25) is 12.4 Å². The monoisotopic (exact) mass is 1300 g/mol. The summed E-state index contributed by atoms with van der Waals surface area (Å²) in [6.07, 6.45) is -26.6. The summed E-state index contributed by atoms with van der Waals surface area (Å²) in [5.74, 6) is -14.3. The van der Waals surface area contributed by atoms with Crippen LogP contribution in [0.5, 0.6) is 0 Å². The molecule has 4 aliphatic heterocycles. The van der Waals surface area contributed by atoms with Gasteiger partial charge in [0, 0.05) is 108 Å². The van der Waals surface area contributed by atoms with Crippen molar-refractivity contribution in [2.75, 3.05) is 24.7 Å². The summed E-state index contributed by atoms with van der Waals surface area (Å²) in [6.45, 7) is 12.7. The Morgan fingerprint density at radius 1 is 0.264 bits per heavy atom. The standard InChI is InChI=1S/C52H70O32S3/c1-19(53)67-15-33-37(69-21(3)55)42(74-26(8)60)45(77-29(11)63)50(82-33)85-18-36-40(72-24(6)58)48(87-52-46(78-30(12)64)43(75-27(9)61)38(70-22(4)56)34(83-52)16-68-20(2)54)47(79-31(13)65)51(84-36)86-17-35-39(71-23(5)57)41(73-25(7)59)44(76-28(10)62)49(81-35)80-32(14)66/h33-52H,15-18H2,1-14H3/t33-,34-,35-,36-,37-,38-,39-,40-,41+,42+,43+,44-,45-,46-,47-,48+,49-,50+,51+,52+/m1/s1. The van der Waals surface area contributed by atoms with Crippen molar-refractivity contribution in [2.24, 2.45) is 0 Å². The van der Waals surface area contributed by atoms with Crippen molar-refractivity contribution in [3.63, 3.8) is 0 Å². The van der Waals surface area contributed by atoms with E-state index in [0.717, 1.165) is 120 Å². The van der Waals surface area contributed by atoms with Gasteiger partial charge in [-0.3, -0.25) is 67.1 Å². The number of carbonyl (C=O) groups is 14. The lowest BCUT2D eigenvalue weighted by atomic mass is 9.98. The fraction of sp³-hybridized carbons (Fsp3) is 0.731. The molecule has 20 atom stereocenters. The highest BCUT2D eigenvalue weighted by molar-refractivity contribution is 8.01. The molecule has 0 aromatic carbocycles. The van der Waals surface area contributed by atoms with Crippen LogP contribution in [-0.2, 0) is 152 Å². The number of ether oxygens (including phenoxy) is 18. The fourth-order valence-electron chi connectivity index (χ4n) is 9.36. The van der Waals surface area contributed by atoms with Crippen molar-refractivity contribution < 1.29 is 152 Å². The number of esters is 14. The molecule has 0 aliphatic carbocycles. The van der Waals surface area contributed by atoms with E-state index in [4.69, 9.17) is 85.3 Å². The zero-order chi connectivity index (χ0) is 65.3. The molecule has 87 heavy (non-hydrogen) atoms. The van der Waals surface area contributed by atoms with E-state index in [0.29, 0.717) is 11.8 Å². The zero-order valence-corrected chi connectivity index (χ0v) is 52.1. The number of rotatable bonds is 24. The molecule has 488 valence electrons. The molecule has 4 aliphatic rings. The first-order chi connectivity index (χ1) is 40.6. The van der Waals surface area contributed by atoms with Crippen LogP contribution in [0, 0.1) is 0 Å². The molecule has 0 amide bonds. The molecule has 4 fully saturated rings. The van der Waals surface area contributed by atoms with Crippen molar-refractivity contribution in [3.05, 3.63) is 0 Å². The summed E-state index contributed by atoms with van der Waals surface area (Å²) < 4.78 is 104. The van der Waals surface area contributed by atoms with Crippen molar-refractivity contribution in [3.8, 4) is 0 Å². The molecular formula is C52H70O32S3. The molecule has 0 bridgehead atoms. The maximum atomic E-state index is 13.5. The van der Waals surface area contributed by atoms with Crippen LogP contribution in [0.25, 0.3) is 0 Å². The molecule has 0 spiro atoms. The van der Waals surface area contributed by atoms with Crippen LogP contribution in [0.4, 0.5) is 0 Å². The Kier molecular flexibility index (Phi) is 28.3. The highest BCUT2D eigenvalue weighted by atomic mass is 32.2. The second-order valence-corrected chi connectivity index (χ2v) is 23.0. The zero-order valence-electron chi connectivity index (χ0n) is 49.7. The molecule has 0 aromatic heterocycles. The summed E-state index contributed by atoms with van der Waals surface area (Å²) in [5.41, 5.74) is -4.78. The van der Waals surface area contributed by atoms with Crippen molar-refractivity contribution in [1.29, 1.82) is 0 Å². The number of carbonyl (C=O) groups excluding carboxylic acids is 14. The Morgan fingerprint density at radius 3 is 0.908 bits per heavy atom. The van der Waals surface area contributed by atoms with E-state index in [-0.39, 0.29) is 0 Å². The third kappa shape index (κ3) is 22.5.